The molecule has 140 valence electrons. The van der Waals surface area contributed by atoms with Gasteiger partial charge in [-0.2, -0.15) is 0 Å². The average molecular weight is 352 g/mol. The molecule has 3 amide bonds. The first-order valence-corrected chi connectivity index (χ1v) is 9.03. The Balaban J connectivity index is 1.66. The first-order valence-electron chi connectivity index (χ1n) is 9.03. The normalized spacial score (nSPS) is 19.5. The second-order valence-corrected chi connectivity index (χ2v) is 7.92. The molecule has 25 heavy (non-hydrogen) atoms. The van der Waals surface area contributed by atoms with Gasteiger partial charge in [0.15, 0.2) is 0 Å². The minimum absolute atomic E-state index is 0.0151. The van der Waals surface area contributed by atoms with Crippen LogP contribution >= 0.6 is 0 Å². The molecule has 0 unspecified atom stereocenters. The summed E-state index contributed by atoms with van der Waals surface area (Å²) in [6, 6.07) is 0. The topological polar surface area (TPSA) is 84.0 Å². The molecule has 7 heteroatoms. The fraction of sp³-hybridized carbons (Fsp3) is 0.778. The van der Waals surface area contributed by atoms with Crippen molar-refractivity contribution < 1.29 is 24.0 Å². The van der Waals surface area contributed by atoms with Crippen molar-refractivity contribution in [3.8, 4) is 0 Å². The van der Waals surface area contributed by atoms with Gasteiger partial charge in [-0.1, -0.05) is 20.8 Å². The molecule has 2 aliphatic heterocycles. The van der Waals surface area contributed by atoms with Crippen molar-refractivity contribution in [2.24, 2.45) is 11.3 Å². The molecule has 0 atom stereocenters. The monoisotopic (exact) mass is 352 g/mol. The summed E-state index contributed by atoms with van der Waals surface area (Å²) >= 11 is 0. The Morgan fingerprint density at radius 1 is 1.04 bits per heavy atom. The van der Waals surface area contributed by atoms with Crippen LogP contribution in [0, 0.1) is 11.3 Å². The van der Waals surface area contributed by atoms with Crippen molar-refractivity contribution in [3.05, 3.63) is 0 Å². The van der Waals surface area contributed by atoms with Gasteiger partial charge in [-0.15, -0.1) is 5.06 Å². The first-order chi connectivity index (χ1) is 11.7. The number of hydroxylamine groups is 2. The molecule has 0 bridgehead atoms. The molecule has 0 aliphatic carbocycles. The number of carbonyl (C=O) groups is 4. The highest BCUT2D eigenvalue weighted by molar-refractivity contribution is 6.01. The van der Waals surface area contributed by atoms with E-state index in [1.165, 1.54) is 0 Å². The number of hydrogen-bond donors (Lipinski definition) is 0. The maximum Gasteiger partial charge on any atom is 0.333 e. The molecule has 2 fully saturated rings. The van der Waals surface area contributed by atoms with E-state index in [-0.39, 0.29) is 37.0 Å². The van der Waals surface area contributed by atoms with Crippen LogP contribution in [0.4, 0.5) is 0 Å². The Morgan fingerprint density at radius 2 is 1.60 bits per heavy atom. The van der Waals surface area contributed by atoms with Crippen LogP contribution in [0.3, 0.4) is 0 Å². The predicted molar refractivity (Wildman–Crippen MR) is 89.8 cm³/mol. The van der Waals surface area contributed by atoms with Gasteiger partial charge in [0.05, 0.1) is 0 Å². The van der Waals surface area contributed by atoms with E-state index in [4.69, 9.17) is 4.84 Å². The second kappa shape index (κ2) is 7.97. The number of piperidine rings is 1. The summed E-state index contributed by atoms with van der Waals surface area (Å²) in [5, 5.41) is 0.543. The van der Waals surface area contributed by atoms with Crippen molar-refractivity contribution in [3.63, 3.8) is 0 Å². The third-order valence-corrected chi connectivity index (χ3v) is 5.04. The van der Waals surface area contributed by atoms with Crippen LogP contribution < -0.4 is 0 Å². The molecule has 0 N–H and O–H groups in total. The summed E-state index contributed by atoms with van der Waals surface area (Å²) < 4.78 is 0. The summed E-state index contributed by atoms with van der Waals surface area (Å²) in [6.07, 6.45) is 2.82. The molecule has 0 aromatic heterocycles. The van der Waals surface area contributed by atoms with Crippen molar-refractivity contribution in [1.82, 2.24) is 9.96 Å². The van der Waals surface area contributed by atoms with Gasteiger partial charge in [0.25, 0.3) is 11.8 Å². The van der Waals surface area contributed by atoms with Crippen LogP contribution in [0.25, 0.3) is 0 Å². The Bertz CT molecular complexity index is 528. The van der Waals surface area contributed by atoms with Crippen molar-refractivity contribution in [2.45, 2.75) is 65.7 Å². The highest BCUT2D eigenvalue weighted by atomic mass is 16.7. The van der Waals surface area contributed by atoms with E-state index in [1.54, 1.807) is 0 Å². The van der Waals surface area contributed by atoms with Crippen molar-refractivity contribution in [2.75, 3.05) is 13.1 Å². The molecule has 7 nitrogen and oxygen atoms in total. The zero-order valence-corrected chi connectivity index (χ0v) is 15.4. The Morgan fingerprint density at radius 3 is 2.12 bits per heavy atom. The van der Waals surface area contributed by atoms with Gasteiger partial charge in [0.1, 0.15) is 0 Å². The van der Waals surface area contributed by atoms with Gasteiger partial charge in [-0.3, -0.25) is 14.4 Å². The van der Waals surface area contributed by atoms with Gasteiger partial charge in [0, 0.05) is 38.8 Å². The van der Waals surface area contributed by atoms with E-state index in [1.807, 2.05) is 4.90 Å². The number of hydrogen-bond acceptors (Lipinski definition) is 5. The Kier molecular flexibility index (Phi) is 6.19. The highest BCUT2D eigenvalue weighted by Crippen LogP contribution is 2.34. The lowest BCUT2D eigenvalue weighted by Crippen LogP contribution is -2.41. The standard InChI is InChI=1S/C18H28N2O5/c1-18(2,3)13-9-11-19(12-10-13)14(21)5-4-6-17(24)25-20-15(22)7-8-16(20)23/h13H,4-12H2,1-3H3. The lowest BCUT2D eigenvalue weighted by atomic mass is 9.75. The van der Waals surface area contributed by atoms with Gasteiger partial charge in [-0.25, -0.2) is 4.79 Å². The zero-order valence-electron chi connectivity index (χ0n) is 15.4. The van der Waals surface area contributed by atoms with Crippen LogP contribution in [0.2, 0.25) is 0 Å². The lowest BCUT2D eigenvalue weighted by Gasteiger charge is -2.38. The van der Waals surface area contributed by atoms with Gasteiger partial charge < -0.3 is 9.74 Å². The van der Waals surface area contributed by atoms with E-state index >= 15 is 0 Å². The number of imide groups is 1. The summed E-state index contributed by atoms with van der Waals surface area (Å²) in [7, 11) is 0. The zero-order chi connectivity index (χ0) is 18.6. The van der Waals surface area contributed by atoms with Crippen molar-refractivity contribution in [1.29, 1.82) is 0 Å². The van der Waals surface area contributed by atoms with E-state index in [0.717, 1.165) is 25.9 Å². The smallest absolute Gasteiger partial charge is 0.333 e. The van der Waals surface area contributed by atoms with Crippen molar-refractivity contribution >= 4 is 23.7 Å². The van der Waals surface area contributed by atoms with Gasteiger partial charge in [0.2, 0.25) is 5.91 Å². The first kappa shape index (κ1) is 19.4. The number of nitrogens with zero attached hydrogens (tertiary/aromatic N) is 2. The summed E-state index contributed by atoms with van der Waals surface area (Å²) in [4.78, 5) is 53.3. The summed E-state index contributed by atoms with van der Waals surface area (Å²) in [6.45, 7) is 8.23. The largest absolute Gasteiger partial charge is 0.343 e. The summed E-state index contributed by atoms with van der Waals surface area (Å²) in [5.74, 6) is -0.953. The number of amides is 3. The lowest BCUT2D eigenvalue weighted by molar-refractivity contribution is -0.197. The van der Waals surface area contributed by atoms with E-state index in [0.29, 0.717) is 17.4 Å². The van der Waals surface area contributed by atoms with Crippen LogP contribution in [0.5, 0.6) is 0 Å². The second-order valence-electron chi connectivity index (χ2n) is 7.92. The third kappa shape index (κ3) is 5.28. The quantitative estimate of drug-likeness (QED) is 0.707. The maximum atomic E-state index is 12.2. The predicted octanol–water partition coefficient (Wildman–Crippen LogP) is 2.05. The molecule has 0 saturated carbocycles. The fourth-order valence-electron chi connectivity index (χ4n) is 3.34. The van der Waals surface area contributed by atoms with Crippen LogP contribution in [-0.2, 0) is 24.0 Å². The van der Waals surface area contributed by atoms with E-state index in [9.17, 15) is 19.2 Å². The van der Waals surface area contributed by atoms with E-state index in [2.05, 4.69) is 20.8 Å². The molecule has 0 aromatic carbocycles. The molecule has 2 rings (SSSR count). The van der Waals surface area contributed by atoms with Crippen LogP contribution in [0.1, 0.15) is 65.7 Å². The minimum atomic E-state index is -0.650. The molecule has 0 aromatic rings. The minimum Gasteiger partial charge on any atom is -0.343 e. The van der Waals surface area contributed by atoms with Crippen LogP contribution in [0.15, 0.2) is 0 Å². The van der Waals surface area contributed by atoms with Gasteiger partial charge in [-0.05, 0) is 30.6 Å². The van der Waals surface area contributed by atoms with E-state index < -0.39 is 17.8 Å². The Labute approximate surface area is 148 Å². The molecule has 0 radical (unpaired) electrons. The number of likely N-dealkylation sites (tertiary alicyclic amines) is 1. The summed E-state index contributed by atoms with van der Waals surface area (Å²) in [5.41, 5.74) is 0.267. The molecular formula is C18H28N2O5. The van der Waals surface area contributed by atoms with Gasteiger partial charge >= 0.3 is 5.97 Å². The Hall–Kier alpha value is -1.92. The SMILES string of the molecule is CC(C)(C)C1CCN(C(=O)CCCC(=O)ON2C(=O)CCC2=O)CC1. The number of carbonyl (C=O) groups excluding carboxylic acids is 4. The highest BCUT2D eigenvalue weighted by Gasteiger charge is 2.33. The molecule has 2 aliphatic rings. The van der Waals surface area contributed by atoms with Crippen LogP contribution in [-0.4, -0.2) is 46.7 Å². The average Bonchev–Trinajstić information content (AvgIpc) is 2.86. The fourth-order valence-corrected chi connectivity index (χ4v) is 3.34. The molecular weight excluding hydrogens is 324 g/mol. The third-order valence-electron chi connectivity index (χ3n) is 5.04. The molecule has 0 spiro atoms. The number of rotatable bonds is 5. The molecule has 2 heterocycles. The molecule has 2 saturated heterocycles. The maximum absolute atomic E-state index is 12.2.